The Kier molecular flexibility index (Phi) is 4.01. The highest BCUT2D eigenvalue weighted by Crippen LogP contribution is 2.33. The first-order chi connectivity index (χ1) is 11.3. The highest BCUT2D eigenvalue weighted by Gasteiger charge is 2.26. The van der Waals surface area contributed by atoms with Gasteiger partial charge in [-0.05, 0) is 63.8 Å². The third-order valence-corrected chi connectivity index (χ3v) is 4.42. The van der Waals surface area contributed by atoms with E-state index < -0.39 is 0 Å². The van der Waals surface area contributed by atoms with Crippen molar-refractivity contribution in [3.05, 3.63) is 69.7 Å². The minimum absolute atomic E-state index is 0.185. The van der Waals surface area contributed by atoms with Gasteiger partial charge < -0.3 is 5.11 Å². The molecule has 0 fully saturated rings. The monoisotopic (exact) mass is 323 g/mol. The predicted molar refractivity (Wildman–Crippen MR) is 100 cm³/mol. The van der Waals surface area contributed by atoms with Gasteiger partial charge in [0.15, 0.2) is 0 Å². The number of anilines is 2. The average Bonchev–Trinajstić information content (AvgIpc) is 2.78. The second kappa shape index (κ2) is 5.87. The van der Waals surface area contributed by atoms with Crippen molar-refractivity contribution in [1.82, 2.24) is 5.53 Å². The molecule has 4 nitrogen and oxygen atoms in total. The Balaban J connectivity index is 2.00. The van der Waals surface area contributed by atoms with Gasteiger partial charge in [-0.15, -0.1) is 5.53 Å². The van der Waals surface area contributed by atoms with Crippen molar-refractivity contribution in [1.29, 1.82) is 0 Å². The Hall–Kier alpha value is -2.46. The molecule has 1 aliphatic rings. The van der Waals surface area contributed by atoms with Crippen LogP contribution in [0.5, 0.6) is 0 Å². The minimum atomic E-state index is 0.185. The van der Waals surface area contributed by atoms with Crippen LogP contribution in [0, 0.1) is 41.5 Å². The van der Waals surface area contributed by atoms with Crippen LogP contribution in [-0.4, -0.2) is 5.11 Å². The largest absolute Gasteiger partial charge is 0.492 e. The summed E-state index contributed by atoms with van der Waals surface area (Å²) in [5, 5.41) is 14.1. The molecule has 0 saturated heterocycles. The Bertz CT molecular complexity index is 793. The van der Waals surface area contributed by atoms with Crippen LogP contribution in [0.2, 0.25) is 0 Å². The molecule has 0 aliphatic carbocycles. The van der Waals surface area contributed by atoms with Crippen LogP contribution in [0.3, 0.4) is 0 Å². The van der Waals surface area contributed by atoms with Gasteiger partial charge in [0.1, 0.15) is 0 Å². The fraction of sp³-hybridized carbons (Fsp3) is 0.300. The zero-order valence-electron chi connectivity index (χ0n) is 15.2. The Labute approximate surface area is 144 Å². The number of aliphatic hydroxyl groups is 1. The van der Waals surface area contributed by atoms with Crippen LogP contribution < -0.4 is 15.6 Å². The van der Waals surface area contributed by atoms with Crippen molar-refractivity contribution in [3.63, 3.8) is 0 Å². The molecule has 126 valence electrons. The minimum Gasteiger partial charge on any atom is -0.492 e. The van der Waals surface area contributed by atoms with E-state index in [2.05, 4.69) is 71.3 Å². The number of rotatable bonds is 2. The van der Waals surface area contributed by atoms with Gasteiger partial charge in [0.2, 0.25) is 5.88 Å². The van der Waals surface area contributed by atoms with Crippen molar-refractivity contribution in [2.75, 3.05) is 10.0 Å². The lowest BCUT2D eigenvalue weighted by Gasteiger charge is -2.27. The predicted octanol–water partition coefficient (Wildman–Crippen LogP) is 4.64. The maximum absolute atomic E-state index is 10.5. The molecule has 0 aromatic heterocycles. The molecule has 1 heterocycles. The van der Waals surface area contributed by atoms with E-state index in [1.165, 1.54) is 22.3 Å². The van der Waals surface area contributed by atoms with Crippen LogP contribution in [-0.2, 0) is 0 Å². The van der Waals surface area contributed by atoms with E-state index in [0.717, 1.165) is 22.5 Å². The highest BCUT2D eigenvalue weighted by atomic mass is 16.3. The van der Waals surface area contributed by atoms with Crippen molar-refractivity contribution < 1.29 is 5.11 Å². The van der Waals surface area contributed by atoms with E-state index in [1.807, 2.05) is 5.01 Å². The molecule has 24 heavy (non-hydrogen) atoms. The first kappa shape index (κ1) is 16.4. The van der Waals surface area contributed by atoms with Gasteiger partial charge in [0.05, 0.1) is 17.6 Å². The third-order valence-electron chi connectivity index (χ3n) is 4.42. The molecule has 0 bridgehead atoms. The maximum atomic E-state index is 10.5. The van der Waals surface area contributed by atoms with E-state index in [-0.39, 0.29) is 5.88 Å². The SMILES string of the molecule is Cc1cc(C)c(N2C=C(O)N(c3c(C)cc(C)cc3C)N2)c(C)c1. The van der Waals surface area contributed by atoms with Crippen LogP contribution in [0.25, 0.3) is 0 Å². The Morgan fingerprint density at radius 3 is 1.58 bits per heavy atom. The molecular formula is C20H25N3O. The normalized spacial score (nSPS) is 14.3. The summed E-state index contributed by atoms with van der Waals surface area (Å²) in [6.45, 7) is 12.5. The van der Waals surface area contributed by atoms with Gasteiger partial charge in [-0.3, -0.25) is 5.01 Å². The summed E-state index contributed by atoms with van der Waals surface area (Å²) < 4.78 is 0. The van der Waals surface area contributed by atoms with Gasteiger partial charge in [-0.2, -0.15) is 0 Å². The maximum Gasteiger partial charge on any atom is 0.226 e. The van der Waals surface area contributed by atoms with Crippen molar-refractivity contribution in [2.24, 2.45) is 0 Å². The summed E-state index contributed by atoms with van der Waals surface area (Å²) in [7, 11) is 0. The lowest BCUT2D eigenvalue weighted by molar-refractivity contribution is 0.389. The van der Waals surface area contributed by atoms with E-state index in [0.29, 0.717) is 0 Å². The molecule has 0 atom stereocenters. The molecule has 1 aliphatic heterocycles. The summed E-state index contributed by atoms with van der Waals surface area (Å²) in [5.41, 5.74) is 12.4. The van der Waals surface area contributed by atoms with Gasteiger partial charge >= 0.3 is 0 Å². The summed E-state index contributed by atoms with van der Waals surface area (Å²) in [6, 6.07) is 8.56. The lowest BCUT2D eigenvalue weighted by Crippen LogP contribution is -2.42. The second-order valence-electron chi connectivity index (χ2n) is 6.79. The Morgan fingerprint density at radius 2 is 1.12 bits per heavy atom. The molecule has 3 rings (SSSR count). The smallest absolute Gasteiger partial charge is 0.226 e. The molecule has 0 radical (unpaired) electrons. The molecule has 2 aromatic rings. The van der Waals surface area contributed by atoms with Gasteiger partial charge in [0.25, 0.3) is 0 Å². The topological polar surface area (TPSA) is 38.7 Å². The first-order valence-corrected chi connectivity index (χ1v) is 8.20. The van der Waals surface area contributed by atoms with E-state index in [1.54, 1.807) is 11.2 Å². The summed E-state index contributed by atoms with van der Waals surface area (Å²) in [4.78, 5) is 0. The quantitative estimate of drug-likeness (QED) is 0.844. The standard InChI is InChI=1S/C20H25N3O/c1-12-7-14(3)19(15(4)8-12)22-11-18(24)23(21-22)20-16(5)9-13(2)10-17(20)6/h7-11,21,24H,1-6H3. The molecule has 0 spiro atoms. The lowest BCUT2D eigenvalue weighted by atomic mass is 10.0. The number of nitrogens with zero attached hydrogens (tertiary/aromatic N) is 2. The van der Waals surface area contributed by atoms with Gasteiger partial charge in [-0.25, -0.2) is 5.01 Å². The summed E-state index contributed by atoms with van der Waals surface area (Å²) >= 11 is 0. The van der Waals surface area contributed by atoms with Gasteiger partial charge in [0, 0.05) is 0 Å². The number of hydrogen-bond donors (Lipinski definition) is 2. The number of aliphatic hydroxyl groups excluding tert-OH is 1. The molecular weight excluding hydrogens is 298 g/mol. The van der Waals surface area contributed by atoms with Crippen molar-refractivity contribution in [3.8, 4) is 0 Å². The number of benzene rings is 2. The summed E-state index contributed by atoms with van der Waals surface area (Å²) in [5.74, 6) is 0.185. The number of aryl methyl sites for hydroxylation is 6. The van der Waals surface area contributed by atoms with Crippen molar-refractivity contribution >= 4 is 11.4 Å². The van der Waals surface area contributed by atoms with Crippen LogP contribution >= 0.6 is 0 Å². The molecule has 0 unspecified atom stereocenters. The zero-order valence-corrected chi connectivity index (χ0v) is 15.2. The number of nitrogens with one attached hydrogen (secondary N) is 1. The van der Waals surface area contributed by atoms with Crippen molar-refractivity contribution in [2.45, 2.75) is 41.5 Å². The second-order valence-corrected chi connectivity index (χ2v) is 6.79. The highest BCUT2D eigenvalue weighted by molar-refractivity contribution is 5.68. The fourth-order valence-corrected chi connectivity index (χ4v) is 3.72. The molecule has 0 amide bonds. The molecule has 2 aromatic carbocycles. The molecule has 2 N–H and O–H groups in total. The fourth-order valence-electron chi connectivity index (χ4n) is 3.72. The Morgan fingerprint density at radius 1 is 0.708 bits per heavy atom. The third kappa shape index (κ3) is 2.74. The van der Waals surface area contributed by atoms with E-state index >= 15 is 0 Å². The average molecular weight is 323 g/mol. The molecule has 4 heteroatoms. The number of hydrazine groups is 2. The zero-order chi connectivity index (χ0) is 17.6. The summed E-state index contributed by atoms with van der Waals surface area (Å²) in [6.07, 6.45) is 1.73. The number of hydrogen-bond acceptors (Lipinski definition) is 4. The van der Waals surface area contributed by atoms with E-state index in [9.17, 15) is 5.11 Å². The van der Waals surface area contributed by atoms with Crippen LogP contribution in [0.15, 0.2) is 36.3 Å². The van der Waals surface area contributed by atoms with Crippen LogP contribution in [0.4, 0.5) is 11.4 Å². The molecule has 0 saturated carbocycles. The first-order valence-electron chi connectivity index (χ1n) is 8.20. The van der Waals surface area contributed by atoms with Crippen LogP contribution in [0.1, 0.15) is 33.4 Å². The van der Waals surface area contributed by atoms with Gasteiger partial charge in [-0.1, -0.05) is 35.4 Å². The van der Waals surface area contributed by atoms with E-state index in [4.69, 9.17) is 0 Å².